The molecule has 0 aliphatic rings. The van der Waals surface area contributed by atoms with Crippen LogP contribution in [0.3, 0.4) is 0 Å². The second-order valence-electron chi connectivity index (χ2n) is 3.98. The molecule has 1 aromatic carbocycles. The van der Waals surface area contributed by atoms with Crippen molar-refractivity contribution in [2.45, 2.75) is 19.8 Å². The summed E-state index contributed by atoms with van der Waals surface area (Å²) in [6.45, 7) is 1.93. The van der Waals surface area contributed by atoms with Gasteiger partial charge in [0.15, 0.2) is 5.84 Å². The zero-order valence-electron chi connectivity index (χ0n) is 10.4. The van der Waals surface area contributed by atoms with Gasteiger partial charge in [0.1, 0.15) is 0 Å². The van der Waals surface area contributed by atoms with Crippen LogP contribution < -0.4 is 11.1 Å². The summed E-state index contributed by atoms with van der Waals surface area (Å²) in [4.78, 5) is 12.1. The molecule has 1 amide bonds. The number of amidine groups is 1. The molecule has 0 aromatic heterocycles. The summed E-state index contributed by atoms with van der Waals surface area (Å²) in [7, 11) is 0. The maximum atomic E-state index is 12.1. The normalized spacial score (nSPS) is 13.1. The maximum Gasteiger partial charge on any atom is 0.235 e. The molecule has 5 nitrogen and oxygen atoms in total. The first-order valence-electron chi connectivity index (χ1n) is 5.73. The molecule has 0 saturated heterocycles. The van der Waals surface area contributed by atoms with E-state index in [2.05, 4.69) is 33.1 Å². The molecule has 0 spiro atoms. The van der Waals surface area contributed by atoms with Gasteiger partial charge in [0.2, 0.25) is 5.91 Å². The predicted molar refractivity (Wildman–Crippen MR) is 84.6 cm³/mol. The molecule has 104 valence electrons. The minimum atomic E-state index is -0.638. The van der Waals surface area contributed by atoms with E-state index in [-0.39, 0.29) is 11.7 Å². The summed E-state index contributed by atoms with van der Waals surface area (Å²) < 4.78 is 0.827. The molecule has 7 heteroatoms. The third kappa shape index (κ3) is 4.54. The molecule has 1 unspecified atom stereocenters. The van der Waals surface area contributed by atoms with Crippen LogP contribution in [-0.4, -0.2) is 17.0 Å². The van der Waals surface area contributed by atoms with Gasteiger partial charge >= 0.3 is 0 Å². The lowest BCUT2D eigenvalue weighted by molar-refractivity contribution is -0.118. The van der Waals surface area contributed by atoms with Crippen molar-refractivity contribution in [2.75, 3.05) is 5.32 Å². The Balaban J connectivity index is 2.87. The van der Waals surface area contributed by atoms with Crippen molar-refractivity contribution < 1.29 is 10.0 Å². The highest BCUT2D eigenvalue weighted by atomic mass is 127. The molecular weight excluding hydrogens is 381 g/mol. The molecule has 1 aromatic rings. The number of anilines is 1. The quantitative estimate of drug-likeness (QED) is 0.235. The summed E-state index contributed by atoms with van der Waals surface area (Å²) in [5.41, 5.74) is 6.19. The number of rotatable bonds is 5. The smallest absolute Gasteiger partial charge is 0.235 e. The number of oxime groups is 1. The molecule has 1 atom stereocenters. The van der Waals surface area contributed by atoms with Crippen LogP contribution in [0.5, 0.6) is 0 Å². The number of hydrogen-bond donors (Lipinski definition) is 3. The largest absolute Gasteiger partial charge is 0.409 e. The fourth-order valence-electron chi connectivity index (χ4n) is 1.58. The Morgan fingerprint density at radius 1 is 1.63 bits per heavy atom. The van der Waals surface area contributed by atoms with Crippen LogP contribution in [-0.2, 0) is 4.79 Å². The predicted octanol–water partition coefficient (Wildman–Crippen LogP) is 3.05. The number of nitrogens with one attached hydrogen (secondary N) is 1. The molecule has 0 radical (unpaired) electrons. The number of carbonyl (C=O) groups is 1. The Morgan fingerprint density at radius 3 is 2.84 bits per heavy atom. The Morgan fingerprint density at radius 2 is 2.32 bits per heavy atom. The lowest BCUT2D eigenvalue weighted by atomic mass is 10.0. The summed E-state index contributed by atoms with van der Waals surface area (Å²) in [6.07, 6.45) is 1.28. The average Bonchev–Trinajstić information content (AvgIpc) is 2.38. The highest BCUT2D eigenvalue weighted by Crippen LogP contribution is 2.23. The number of hydrogen-bond acceptors (Lipinski definition) is 3. The fraction of sp³-hybridized carbons (Fsp3) is 0.333. The van der Waals surface area contributed by atoms with E-state index in [0.29, 0.717) is 17.1 Å². The van der Waals surface area contributed by atoms with Crippen molar-refractivity contribution in [3.63, 3.8) is 0 Å². The first-order chi connectivity index (χ1) is 8.99. The summed E-state index contributed by atoms with van der Waals surface area (Å²) in [5, 5.41) is 15.0. The summed E-state index contributed by atoms with van der Waals surface area (Å²) in [6, 6.07) is 5.16. The molecule has 0 saturated carbocycles. The monoisotopic (exact) mass is 395 g/mol. The van der Waals surface area contributed by atoms with Gasteiger partial charge in [-0.15, -0.1) is 0 Å². The number of carbonyl (C=O) groups excluding carboxylic acids is 1. The molecule has 0 aliphatic heterocycles. The Bertz CT molecular complexity index is 494. The van der Waals surface area contributed by atoms with E-state index in [1.165, 1.54) is 0 Å². The van der Waals surface area contributed by atoms with Gasteiger partial charge in [-0.05, 0) is 47.2 Å². The van der Waals surface area contributed by atoms with Crippen molar-refractivity contribution in [2.24, 2.45) is 16.8 Å². The van der Waals surface area contributed by atoms with Crippen LogP contribution >= 0.6 is 34.2 Å². The van der Waals surface area contributed by atoms with Gasteiger partial charge in [-0.2, -0.15) is 0 Å². The first-order valence-corrected chi connectivity index (χ1v) is 7.18. The van der Waals surface area contributed by atoms with Crippen LogP contribution in [0.1, 0.15) is 19.8 Å². The summed E-state index contributed by atoms with van der Waals surface area (Å²) >= 11 is 7.93. The van der Waals surface area contributed by atoms with Gasteiger partial charge in [0.05, 0.1) is 11.6 Å². The van der Waals surface area contributed by atoms with E-state index in [1.54, 1.807) is 18.2 Å². The van der Waals surface area contributed by atoms with Gasteiger partial charge < -0.3 is 16.3 Å². The molecule has 0 aliphatic carbocycles. The topological polar surface area (TPSA) is 87.7 Å². The lowest BCUT2D eigenvalue weighted by Crippen LogP contribution is -2.34. The van der Waals surface area contributed by atoms with Crippen LogP contribution in [0.15, 0.2) is 23.4 Å². The highest BCUT2D eigenvalue weighted by molar-refractivity contribution is 14.1. The van der Waals surface area contributed by atoms with Gasteiger partial charge in [-0.1, -0.05) is 30.1 Å². The van der Waals surface area contributed by atoms with E-state index >= 15 is 0 Å². The van der Waals surface area contributed by atoms with Gasteiger partial charge in [-0.25, -0.2) is 0 Å². The van der Waals surface area contributed by atoms with E-state index in [1.807, 2.05) is 6.92 Å². The van der Waals surface area contributed by atoms with Crippen molar-refractivity contribution in [3.05, 3.63) is 26.8 Å². The maximum absolute atomic E-state index is 12.1. The molecule has 0 fully saturated rings. The van der Waals surface area contributed by atoms with E-state index < -0.39 is 5.92 Å². The Labute approximate surface area is 130 Å². The number of nitrogens with two attached hydrogens (primary N) is 1. The van der Waals surface area contributed by atoms with Crippen LogP contribution in [0.4, 0.5) is 5.69 Å². The minimum Gasteiger partial charge on any atom is -0.409 e. The minimum absolute atomic E-state index is 0.0803. The standard InChI is InChI=1S/C12H15ClIN3O2/c1-2-3-8(11(15)17-19)12(18)16-10-5-4-7(13)6-9(10)14/h4-6,8,19H,2-3H2,1H3,(H2,15,17)(H,16,18). The van der Waals surface area contributed by atoms with Gasteiger partial charge in [-0.3, -0.25) is 4.79 Å². The van der Waals surface area contributed by atoms with Crippen molar-refractivity contribution in [3.8, 4) is 0 Å². The molecule has 19 heavy (non-hydrogen) atoms. The second-order valence-corrected chi connectivity index (χ2v) is 5.58. The summed E-state index contributed by atoms with van der Waals surface area (Å²) in [5.74, 6) is -1.01. The first kappa shape index (κ1) is 16.0. The van der Waals surface area contributed by atoms with Crippen molar-refractivity contribution in [1.29, 1.82) is 0 Å². The van der Waals surface area contributed by atoms with Crippen LogP contribution in [0, 0.1) is 9.49 Å². The fourth-order valence-corrected chi connectivity index (χ4v) is 2.59. The van der Waals surface area contributed by atoms with Gasteiger partial charge in [0, 0.05) is 8.59 Å². The molecular formula is C12H15ClIN3O2. The molecule has 4 N–H and O–H groups in total. The lowest BCUT2D eigenvalue weighted by Gasteiger charge is -2.15. The third-order valence-corrected chi connectivity index (χ3v) is 3.68. The number of benzene rings is 1. The Hall–Kier alpha value is -1.02. The number of nitrogens with zero attached hydrogens (tertiary/aromatic N) is 1. The third-order valence-electron chi connectivity index (χ3n) is 2.56. The van der Waals surface area contributed by atoms with Crippen LogP contribution in [0.2, 0.25) is 5.02 Å². The SMILES string of the molecule is CCCC(C(=O)Nc1ccc(Cl)cc1I)/C(N)=N/O. The molecule has 0 bridgehead atoms. The van der Waals surface area contributed by atoms with E-state index in [4.69, 9.17) is 22.5 Å². The Kier molecular flexibility index (Phi) is 6.36. The zero-order chi connectivity index (χ0) is 14.4. The van der Waals surface area contributed by atoms with E-state index in [9.17, 15) is 4.79 Å². The second kappa shape index (κ2) is 7.54. The van der Waals surface area contributed by atoms with Crippen LogP contribution in [0.25, 0.3) is 0 Å². The number of halogens is 2. The van der Waals surface area contributed by atoms with Gasteiger partial charge in [0.25, 0.3) is 0 Å². The molecule has 0 heterocycles. The van der Waals surface area contributed by atoms with Crippen molar-refractivity contribution >= 4 is 51.6 Å². The average molecular weight is 396 g/mol. The highest BCUT2D eigenvalue weighted by Gasteiger charge is 2.22. The van der Waals surface area contributed by atoms with Crippen molar-refractivity contribution in [1.82, 2.24) is 0 Å². The molecule has 1 rings (SSSR count). The van der Waals surface area contributed by atoms with E-state index in [0.717, 1.165) is 9.99 Å². The number of amides is 1. The zero-order valence-corrected chi connectivity index (χ0v) is 13.3.